The lowest BCUT2D eigenvalue weighted by Crippen LogP contribution is -2.35. The van der Waals surface area contributed by atoms with Crippen molar-refractivity contribution >= 4 is 11.8 Å². The van der Waals surface area contributed by atoms with Crippen molar-refractivity contribution in [2.45, 2.75) is 51.9 Å². The lowest BCUT2D eigenvalue weighted by atomic mass is 9.79. The monoisotopic (exact) mass is 226 g/mol. The van der Waals surface area contributed by atoms with Gasteiger partial charge in [0, 0.05) is 11.8 Å². The van der Waals surface area contributed by atoms with E-state index in [1.807, 2.05) is 0 Å². The summed E-state index contributed by atoms with van der Waals surface area (Å²) in [6, 6.07) is 0. The second kappa shape index (κ2) is 5.32. The Labute approximate surface area is 96.8 Å². The van der Waals surface area contributed by atoms with E-state index in [-0.39, 0.29) is 17.2 Å². The van der Waals surface area contributed by atoms with Gasteiger partial charge in [-0.2, -0.15) is 0 Å². The van der Waals surface area contributed by atoms with E-state index in [1.165, 1.54) is 0 Å². The summed E-state index contributed by atoms with van der Waals surface area (Å²) in [4.78, 5) is 22.2. The maximum atomic E-state index is 11.6. The van der Waals surface area contributed by atoms with Gasteiger partial charge >= 0.3 is 0 Å². The maximum absolute atomic E-state index is 11.6. The molecule has 2 amide bonds. The van der Waals surface area contributed by atoms with Gasteiger partial charge in [-0.1, -0.05) is 13.3 Å². The molecule has 1 aliphatic carbocycles. The number of primary amides is 2. The molecule has 4 nitrogen and oxygen atoms in total. The summed E-state index contributed by atoms with van der Waals surface area (Å²) >= 11 is 0. The highest BCUT2D eigenvalue weighted by Gasteiger charge is 2.42. The van der Waals surface area contributed by atoms with E-state index in [0.717, 1.165) is 25.7 Å². The number of carbonyl (C=O) groups is 2. The molecule has 0 heterocycles. The predicted octanol–water partition coefficient (Wildman–Crippen LogP) is 1.32. The first kappa shape index (κ1) is 13.0. The van der Waals surface area contributed by atoms with Crippen LogP contribution >= 0.6 is 0 Å². The van der Waals surface area contributed by atoms with Crippen LogP contribution in [-0.2, 0) is 9.59 Å². The van der Waals surface area contributed by atoms with Gasteiger partial charge in [0.25, 0.3) is 0 Å². The summed E-state index contributed by atoms with van der Waals surface area (Å²) < 4.78 is 0. The number of hydrogen-bond donors (Lipinski definition) is 2. The highest BCUT2D eigenvalue weighted by atomic mass is 16.1. The molecular formula is C12H22N2O2. The van der Waals surface area contributed by atoms with Crippen LogP contribution in [0.3, 0.4) is 0 Å². The minimum Gasteiger partial charge on any atom is -0.370 e. The van der Waals surface area contributed by atoms with E-state index in [4.69, 9.17) is 11.5 Å². The van der Waals surface area contributed by atoms with E-state index in [0.29, 0.717) is 25.2 Å². The molecule has 0 radical (unpaired) electrons. The highest BCUT2D eigenvalue weighted by Crippen LogP contribution is 2.46. The molecule has 0 aromatic rings. The summed E-state index contributed by atoms with van der Waals surface area (Å²) in [5, 5.41) is 0. The first-order valence-corrected chi connectivity index (χ1v) is 6.08. The van der Waals surface area contributed by atoms with Crippen molar-refractivity contribution in [3.05, 3.63) is 0 Å². The average molecular weight is 226 g/mol. The maximum Gasteiger partial charge on any atom is 0.223 e. The topological polar surface area (TPSA) is 86.2 Å². The molecule has 0 aliphatic heterocycles. The standard InChI is InChI=1S/C12H22N2O2/c1-2-9-5-7-12(8-9,11(14)16)6-3-4-10(13)15/h9H,2-8H2,1H3,(H2,13,15)(H2,14,16). The molecule has 0 bridgehead atoms. The van der Waals surface area contributed by atoms with Crippen molar-refractivity contribution in [3.8, 4) is 0 Å². The van der Waals surface area contributed by atoms with Crippen molar-refractivity contribution in [1.29, 1.82) is 0 Å². The summed E-state index contributed by atoms with van der Waals surface area (Å²) in [6.45, 7) is 2.14. The summed E-state index contributed by atoms with van der Waals surface area (Å²) in [6.07, 6.45) is 5.68. The largest absolute Gasteiger partial charge is 0.370 e. The third-order valence-electron chi connectivity index (χ3n) is 3.89. The third-order valence-corrected chi connectivity index (χ3v) is 3.89. The fraction of sp³-hybridized carbons (Fsp3) is 0.833. The van der Waals surface area contributed by atoms with Gasteiger partial charge in [0.05, 0.1) is 0 Å². The molecule has 1 saturated carbocycles. The number of carbonyl (C=O) groups excluding carboxylic acids is 2. The Bertz CT molecular complexity index is 278. The molecule has 1 rings (SSSR count). The highest BCUT2D eigenvalue weighted by molar-refractivity contribution is 5.81. The average Bonchev–Trinajstić information content (AvgIpc) is 2.62. The Balaban J connectivity index is 2.54. The van der Waals surface area contributed by atoms with Gasteiger partial charge in [0.1, 0.15) is 0 Å². The van der Waals surface area contributed by atoms with Crippen LogP contribution in [0, 0.1) is 11.3 Å². The van der Waals surface area contributed by atoms with E-state index in [1.54, 1.807) is 0 Å². The Kier molecular flexibility index (Phi) is 4.33. The van der Waals surface area contributed by atoms with Crippen molar-refractivity contribution in [1.82, 2.24) is 0 Å². The fourth-order valence-electron chi connectivity index (χ4n) is 2.76. The zero-order valence-corrected chi connectivity index (χ0v) is 10.00. The van der Waals surface area contributed by atoms with E-state index in [9.17, 15) is 9.59 Å². The predicted molar refractivity (Wildman–Crippen MR) is 62.3 cm³/mol. The molecule has 92 valence electrons. The molecule has 2 atom stereocenters. The van der Waals surface area contributed by atoms with E-state index >= 15 is 0 Å². The molecule has 4 heteroatoms. The van der Waals surface area contributed by atoms with Crippen molar-refractivity contribution in [2.75, 3.05) is 0 Å². The smallest absolute Gasteiger partial charge is 0.223 e. The minimum atomic E-state index is -0.365. The lowest BCUT2D eigenvalue weighted by Gasteiger charge is -2.25. The van der Waals surface area contributed by atoms with Crippen LogP contribution in [0.4, 0.5) is 0 Å². The van der Waals surface area contributed by atoms with Crippen LogP contribution in [0.1, 0.15) is 51.9 Å². The second-order valence-corrected chi connectivity index (χ2v) is 4.98. The summed E-state index contributed by atoms with van der Waals surface area (Å²) in [5.74, 6) is 0.110. The molecule has 2 unspecified atom stereocenters. The number of rotatable bonds is 6. The zero-order valence-electron chi connectivity index (χ0n) is 10.00. The van der Waals surface area contributed by atoms with Gasteiger partial charge in [0.15, 0.2) is 0 Å². The molecule has 0 saturated heterocycles. The number of hydrogen-bond acceptors (Lipinski definition) is 2. The first-order chi connectivity index (χ1) is 7.50. The Morgan fingerprint density at radius 2 is 2.06 bits per heavy atom. The van der Waals surface area contributed by atoms with Crippen molar-refractivity contribution < 1.29 is 9.59 Å². The second-order valence-electron chi connectivity index (χ2n) is 4.98. The third kappa shape index (κ3) is 2.97. The van der Waals surface area contributed by atoms with Gasteiger partial charge in [-0.05, 0) is 38.0 Å². The Morgan fingerprint density at radius 1 is 1.38 bits per heavy atom. The number of nitrogens with two attached hydrogens (primary N) is 2. The van der Waals surface area contributed by atoms with Crippen molar-refractivity contribution in [3.63, 3.8) is 0 Å². The quantitative estimate of drug-likeness (QED) is 0.715. The molecule has 1 aliphatic rings. The first-order valence-electron chi connectivity index (χ1n) is 6.08. The van der Waals surface area contributed by atoms with Crippen LogP contribution in [0.2, 0.25) is 0 Å². The zero-order chi connectivity index (χ0) is 12.2. The molecule has 0 spiro atoms. The van der Waals surface area contributed by atoms with Gasteiger partial charge in [-0.25, -0.2) is 0 Å². The molecule has 1 fully saturated rings. The van der Waals surface area contributed by atoms with Gasteiger partial charge in [-0.15, -0.1) is 0 Å². The number of amides is 2. The minimum absolute atomic E-state index is 0.201. The Hall–Kier alpha value is -1.06. The molecule has 0 aromatic carbocycles. The van der Waals surface area contributed by atoms with Gasteiger partial charge in [0.2, 0.25) is 11.8 Å². The fourth-order valence-corrected chi connectivity index (χ4v) is 2.76. The van der Waals surface area contributed by atoms with Gasteiger partial charge in [-0.3, -0.25) is 9.59 Å². The Morgan fingerprint density at radius 3 is 2.50 bits per heavy atom. The molecule has 16 heavy (non-hydrogen) atoms. The van der Waals surface area contributed by atoms with Gasteiger partial charge < -0.3 is 11.5 Å². The van der Waals surface area contributed by atoms with Crippen LogP contribution < -0.4 is 11.5 Å². The van der Waals surface area contributed by atoms with Crippen LogP contribution in [0.5, 0.6) is 0 Å². The summed E-state index contributed by atoms with van der Waals surface area (Å²) in [5.41, 5.74) is 10.2. The molecular weight excluding hydrogens is 204 g/mol. The SMILES string of the molecule is CCC1CCC(CCCC(N)=O)(C(N)=O)C1. The normalized spacial score (nSPS) is 29.2. The van der Waals surface area contributed by atoms with E-state index < -0.39 is 0 Å². The van der Waals surface area contributed by atoms with Crippen molar-refractivity contribution in [2.24, 2.45) is 22.8 Å². The lowest BCUT2D eigenvalue weighted by molar-refractivity contribution is -0.128. The molecule has 0 aromatic heterocycles. The van der Waals surface area contributed by atoms with Crippen LogP contribution in [0.25, 0.3) is 0 Å². The molecule has 4 N–H and O–H groups in total. The van der Waals surface area contributed by atoms with Crippen LogP contribution in [-0.4, -0.2) is 11.8 Å². The summed E-state index contributed by atoms with van der Waals surface area (Å²) in [7, 11) is 0. The van der Waals surface area contributed by atoms with E-state index in [2.05, 4.69) is 6.92 Å². The van der Waals surface area contributed by atoms with Crippen LogP contribution in [0.15, 0.2) is 0 Å².